The standard InChI is InChI=1S/C17H23ClN2O4S/c1-12(2)23-16(21)15(19-18)11-13-3-5-14(6-4-13)24-17(22)20-7-9-25-10-8-20/h3-6,12,15,19H,7-11H2,1-2H3/t15-/m0/s1. The molecule has 0 bridgehead atoms. The monoisotopic (exact) mass is 386 g/mol. The normalized spacial score (nSPS) is 15.8. The van der Waals surface area contributed by atoms with Crippen molar-refractivity contribution in [2.24, 2.45) is 0 Å². The van der Waals surface area contributed by atoms with Gasteiger partial charge in [-0.05, 0) is 49.7 Å². The lowest BCUT2D eigenvalue weighted by atomic mass is 10.1. The number of nitrogens with one attached hydrogen (secondary N) is 1. The van der Waals surface area contributed by atoms with Crippen LogP contribution in [-0.2, 0) is 16.0 Å². The molecule has 1 saturated heterocycles. The second-order valence-electron chi connectivity index (χ2n) is 5.96. The summed E-state index contributed by atoms with van der Waals surface area (Å²) in [4.78, 5) is 28.2. The number of carbonyl (C=O) groups is 2. The van der Waals surface area contributed by atoms with Crippen LogP contribution in [0.4, 0.5) is 4.79 Å². The van der Waals surface area contributed by atoms with Gasteiger partial charge in [0.1, 0.15) is 11.8 Å². The molecule has 6 nitrogen and oxygen atoms in total. The van der Waals surface area contributed by atoms with Crippen LogP contribution in [0.3, 0.4) is 0 Å². The van der Waals surface area contributed by atoms with Crippen molar-refractivity contribution >= 4 is 35.6 Å². The van der Waals surface area contributed by atoms with E-state index < -0.39 is 12.0 Å². The molecule has 1 amide bonds. The first-order valence-electron chi connectivity index (χ1n) is 8.19. The van der Waals surface area contributed by atoms with Crippen LogP contribution in [0.1, 0.15) is 19.4 Å². The number of carbonyl (C=O) groups excluding carboxylic acids is 2. The minimum absolute atomic E-state index is 0.199. The summed E-state index contributed by atoms with van der Waals surface area (Å²) in [7, 11) is 0. The van der Waals surface area contributed by atoms with Crippen molar-refractivity contribution in [3.05, 3.63) is 29.8 Å². The van der Waals surface area contributed by atoms with E-state index >= 15 is 0 Å². The highest BCUT2D eigenvalue weighted by molar-refractivity contribution is 7.99. The van der Waals surface area contributed by atoms with Crippen molar-refractivity contribution in [3.63, 3.8) is 0 Å². The summed E-state index contributed by atoms with van der Waals surface area (Å²) < 4.78 is 10.5. The first-order valence-corrected chi connectivity index (χ1v) is 9.73. The van der Waals surface area contributed by atoms with Gasteiger partial charge in [-0.3, -0.25) is 4.79 Å². The molecule has 1 aliphatic heterocycles. The van der Waals surface area contributed by atoms with Crippen LogP contribution in [-0.4, -0.2) is 53.7 Å². The Bertz CT molecular complexity index is 577. The van der Waals surface area contributed by atoms with Crippen molar-refractivity contribution in [3.8, 4) is 5.75 Å². The molecule has 1 aliphatic rings. The zero-order chi connectivity index (χ0) is 18.2. The van der Waals surface area contributed by atoms with E-state index in [1.54, 1.807) is 43.0 Å². The van der Waals surface area contributed by atoms with E-state index in [1.807, 2.05) is 11.8 Å². The van der Waals surface area contributed by atoms with Gasteiger partial charge in [-0.2, -0.15) is 11.8 Å². The Hall–Kier alpha value is -1.44. The molecule has 2 rings (SSSR count). The van der Waals surface area contributed by atoms with E-state index in [2.05, 4.69) is 4.84 Å². The molecule has 8 heteroatoms. The maximum atomic E-state index is 12.1. The third kappa shape index (κ3) is 6.41. The fourth-order valence-corrected chi connectivity index (χ4v) is 3.39. The Balaban J connectivity index is 1.90. The lowest BCUT2D eigenvalue weighted by molar-refractivity contribution is -0.149. The number of nitrogens with zero attached hydrogens (tertiary/aromatic N) is 1. The largest absolute Gasteiger partial charge is 0.462 e. The third-order valence-electron chi connectivity index (χ3n) is 3.61. The van der Waals surface area contributed by atoms with E-state index in [0.717, 1.165) is 17.1 Å². The second kappa shape index (κ2) is 9.89. The third-order valence-corrected chi connectivity index (χ3v) is 4.81. The molecule has 1 aromatic rings. The van der Waals surface area contributed by atoms with Crippen molar-refractivity contribution in [1.29, 1.82) is 0 Å². The number of halogens is 1. The molecule has 0 radical (unpaired) electrons. The number of amides is 1. The van der Waals surface area contributed by atoms with Crippen LogP contribution in [0.5, 0.6) is 5.75 Å². The molecule has 0 aliphatic carbocycles. The van der Waals surface area contributed by atoms with Gasteiger partial charge in [-0.15, -0.1) is 0 Å². The van der Waals surface area contributed by atoms with E-state index in [-0.39, 0.29) is 12.2 Å². The van der Waals surface area contributed by atoms with Gasteiger partial charge in [0.2, 0.25) is 0 Å². The molecule has 0 spiro atoms. The summed E-state index contributed by atoms with van der Waals surface area (Å²) in [6.07, 6.45) is -0.143. The van der Waals surface area contributed by atoms with E-state index in [9.17, 15) is 9.59 Å². The van der Waals surface area contributed by atoms with Crippen molar-refractivity contribution in [1.82, 2.24) is 9.74 Å². The molecule has 25 heavy (non-hydrogen) atoms. The van der Waals surface area contributed by atoms with Crippen LogP contribution in [0, 0.1) is 0 Å². The Kier molecular flexibility index (Phi) is 7.87. The van der Waals surface area contributed by atoms with Crippen molar-refractivity contribution in [2.45, 2.75) is 32.4 Å². The highest BCUT2D eigenvalue weighted by atomic mass is 35.5. The summed E-state index contributed by atoms with van der Waals surface area (Å²) >= 11 is 7.49. The maximum Gasteiger partial charge on any atom is 0.415 e. The van der Waals surface area contributed by atoms with Gasteiger partial charge in [0, 0.05) is 24.6 Å². The predicted molar refractivity (Wildman–Crippen MR) is 99.1 cm³/mol. The summed E-state index contributed by atoms with van der Waals surface area (Å²) in [5.41, 5.74) is 0.882. The number of thioether (sulfide) groups is 1. The van der Waals surface area contributed by atoms with Crippen LogP contribution in [0.2, 0.25) is 0 Å². The number of hydrogen-bond acceptors (Lipinski definition) is 6. The minimum atomic E-state index is -0.636. The Morgan fingerprint density at radius 3 is 2.44 bits per heavy atom. The molecule has 1 atom stereocenters. The minimum Gasteiger partial charge on any atom is -0.462 e. The molecule has 0 aromatic heterocycles. The number of esters is 1. The van der Waals surface area contributed by atoms with Crippen LogP contribution >= 0.6 is 23.5 Å². The fourth-order valence-electron chi connectivity index (χ4n) is 2.32. The Labute approximate surface area is 157 Å². The molecule has 1 heterocycles. The Morgan fingerprint density at radius 1 is 1.24 bits per heavy atom. The number of ether oxygens (including phenoxy) is 2. The molecule has 1 fully saturated rings. The van der Waals surface area contributed by atoms with Gasteiger partial charge >= 0.3 is 12.1 Å². The molecule has 1 N–H and O–H groups in total. The summed E-state index contributed by atoms with van der Waals surface area (Å²) in [6, 6.07) is 6.40. The summed E-state index contributed by atoms with van der Waals surface area (Å²) in [5.74, 6) is 1.95. The zero-order valence-electron chi connectivity index (χ0n) is 14.4. The number of hydrogen-bond donors (Lipinski definition) is 1. The predicted octanol–water partition coefficient (Wildman–Crippen LogP) is 2.84. The zero-order valence-corrected chi connectivity index (χ0v) is 15.9. The number of benzene rings is 1. The molecular weight excluding hydrogens is 364 g/mol. The van der Waals surface area contributed by atoms with Gasteiger partial charge in [0.25, 0.3) is 0 Å². The van der Waals surface area contributed by atoms with Gasteiger partial charge in [0.05, 0.1) is 6.10 Å². The molecular formula is C17H23ClN2O4S. The smallest absolute Gasteiger partial charge is 0.415 e. The quantitative estimate of drug-likeness (QED) is 0.599. The first-order chi connectivity index (χ1) is 12.0. The van der Waals surface area contributed by atoms with E-state index in [4.69, 9.17) is 21.3 Å². The van der Waals surface area contributed by atoms with Crippen LogP contribution in [0.25, 0.3) is 0 Å². The lowest BCUT2D eigenvalue weighted by Crippen LogP contribution is -2.39. The lowest BCUT2D eigenvalue weighted by Gasteiger charge is -2.25. The molecule has 138 valence electrons. The topological polar surface area (TPSA) is 67.9 Å². The molecule has 1 aromatic carbocycles. The van der Waals surface area contributed by atoms with Crippen molar-refractivity contribution < 1.29 is 19.1 Å². The van der Waals surface area contributed by atoms with Gasteiger partial charge in [-0.25, -0.2) is 9.63 Å². The van der Waals surface area contributed by atoms with Gasteiger partial charge in [0.15, 0.2) is 0 Å². The summed E-state index contributed by atoms with van der Waals surface area (Å²) in [5, 5.41) is 0. The highest BCUT2D eigenvalue weighted by Crippen LogP contribution is 2.17. The molecule has 0 saturated carbocycles. The van der Waals surface area contributed by atoms with Crippen LogP contribution in [0.15, 0.2) is 24.3 Å². The second-order valence-corrected chi connectivity index (χ2v) is 7.41. The SMILES string of the molecule is CC(C)OC(=O)[C@H](Cc1ccc(OC(=O)N2CCSCC2)cc1)NCl. The highest BCUT2D eigenvalue weighted by Gasteiger charge is 2.21. The Morgan fingerprint density at radius 2 is 1.88 bits per heavy atom. The van der Waals surface area contributed by atoms with E-state index in [0.29, 0.717) is 25.3 Å². The first kappa shape index (κ1) is 19.9. The van der Waals surface area contributed by atoms with E-state index in [1.165, 1.54) is 0 Å². The maximum absolute atomic E-state index is 12.1. The average Bonchev–Trinajstić information content (AvgIpc) is 2.61. The number of rotatable bonds is 6. The fraction of sp³-hybridized carbons (Fsp3) is 0.529. The molecule has 0 unspecified atom stereocenters. The summed E-state index contributed by atoms with van der Waals surface area (Å²) in [6.45, 7) is 4.99. The van der Waals surface area contributed by atoms with Crippen molar-refractivity contribution in [2.75, 3.05) is 24.6 Å². The van der Waals surface area contributed by atoms with Gasteiger partial charge < -0.3 is 14.4 Å². The average molecular weight is 387 g/mol. The van der Waals surface area contributed by atoms with Gasteiger partial charge in [-0.1, -0.05) is 12.1 Å². The van der Waals surface area contributed by atoms with Crippen LogP contribution < -0.4 is 9.57 Å².